The lowest BCUT2D eigenvalue weighted by molar-refractivity contribution is -0.130. The quantitative estimate of drug-likeness (QED) is 0.447. The zero-order valence-electron chi connectivity index (χ0n) is 19.1. The first-order valence-corrected chi connectivity index (χ1v) is 11.9. The van der Waals surface area contributed by atoms with E-state index in [1.165, 1.54) is 5.57 Å². The predicted octanol–water partition coefficient (Wildman–Crippen LogP) is 4.42. The molecule has 0 atom stereocenters. The van der Waals surface area contributed by atoms with E-state index in [1.54, 1.807) is 24.1 Å². The predicted molar refractivity (Wildman–Crippen MR) is 128 cm³/mol. The second-order valence-corrected chi connectivity index (χ2v) is 8.67. The van der Waals surface area contributed by atoms with Gasteiger partial charge in [-0.1, -0.05) is 29.3 Å². The largest absolute Gasteiger partial charge is 0.491 e. The highest BCUT2D eigenvalue weighted by molar-refractivity contribution is 6.32. The number of nitrogens with zero attached hydrogens (tertiary/aromatic N) is 2. The summed E-state index contributed by atoms with van der Waals surface area (Å²) in [4.78, 5) is 40.8. The number of halogens is 1. The van der Waals surface area contributed by atoms with Crippen LogP contribution in [0.15, 0.2) is 36.0 Å². The maximum absolute atomic E-state index is 12.2. The highest BCUT2D eigenvalue weighted by Crippen LogP contribution is 2.43. The van der Waals surface area contributed by atoms with Gasteiger partial charge in [0.1, 0.15) is 5.75 Å². The SMILES string of the molecule is CCOC(=O)N1CCC(=C2c3ccc(Cl)c(OCCC(=O)C=O)c3CCc3cccnc32)CC1. The summed E-state index contributed by atoms with van der Waals surface area (Å²) in [5.41, 5.74) is 6.38. The van der Waals surface area contributed by atoms with Crippen LogP contribution in [-0.4, -0.2) is 54.3 Å². The van der Waals surface area contributed by atoms with E-state index in [2.05, 4.69) is 6.07 Å². The van der Waals surface area contributed by atoms with Gasteiger partial charge in [-0.15, -0.1) is 0 Å². The van der Waals surface area contributed by atoms with E-state index in [0.717, 1.165) is 47.2 Å². The molecule has 4 rings (SSSR count). The minimum atomic E-state index is -0.508. The van der Waals surface area contributed by atoms with E-state index in [9.17, 15) is 14.4 Å². The number of ketones is 1. The van der Waals surface area contributed by atoms with Gasteiger partial charge >= 0.3 is 6.09 Å². The van der Waals surface area contributed by atoms with Crippen molar-refractivity contribution in [2.45, 2.75) is 39.0 Å². The Kier molecular flexibility index (Phi) is 7.63. The first-order chi connectivity index (χ1) is 16.5. The van der Waals surface area contributed by atoms with Gasteiger partial charge in [-0.2, -0.15) is 0 Å². The molecule has 0 bridgehead atoms. The molecule has 1 aromatic carbocycles. The van der Waals surface area contributed by atoms with Crippen LogP contribution in [0.2, 0.25) is 5.02 Å². The number of hydrogen-bond acceptors (Lipinski definition) is 6. The molecule has 0 spiro atoms. The Labute approximate surface area is 203 Å². The zero-order valence-corrected chi connectivity index (χ0v) is 19.9. The molecular weight excluding hydrogens is 456 g/mol. The molecule has 1 aliphatic heterocycles. The molecule has 0 radical (unpaired) electrons. The summed E-state index contributed by atoms with van der Waals surface area (Å²) in [6.07, 6.45) is 4.75. The number of aryl methyl sites for hydroxylation is 1. The number of carbonyl (C=O) groups excluding carboxylic acids is 3. The third-order valence-electron chi connectivity index (χ3n) is 6.23. The second kappa shape index (κ2) is 10.8. The fourth-order valence-electron chi connectivity index (χ4n) is 4.58. The third kappa shape index (κ3) is 4.99. The van der Waals surface area contributed by atoms with Crippen molar-refractivity contribution in [1.82, 2.24) is 9.88 Å². The number of ether oxygens (including phenoxy) is 2. The molecule has 7 nitrogen and oxygen atoms in total. The van der Waals surface area contributed by atoms with Crippen LogP contribution in [0.4, 0.5) is 4.79 Å². The van der Waals surface area contributed by atoms with Gasteiger partial charge in [0.2, 0.25) is 0 Å². The molecular formula is C26H27ClN2O5. The van der Waals surface area contributed by atoms with Gasteiger partial charge < -0.3 is 14.4 Å². The van der Waals surface area contributed by atoms with Crippen LogP contribution in [0.25, 0.3) is 5.57 Å². The molecule has 34 heavy (non-hydrogen) atoms. The maximum Gasteiger partial charge on any atom is 0.409 e. The van der Waals surface area contributed by atoms with E-state index >= 15 is 0 Å². The molecule has 0 unspecified atom stereocenters. The maximum atomic E-state index is 12.2. The standard InChI is InChI=1S/C26H27ClN2O5/c1-2-33-26(32)29-13-9-17(10-14-29)23-20-7-8-22(27)25(34-15-11-19(31)16-30)21(20)6-5-18-4-3-12-28-24(18)23/h3-4,7-8,12,16H,2,5-6,9-11,13-15H2,1H3. The number of benzene rings is 1. The van der Waals surface area contributed by atoms with Crippen LogP contribution in [-0.2, 0) is 27.2 Å². The number of piperidine rings is 1. The molecule has 1 aliphatic carbocycles. The summed E-state index contributed by atoms with van der Waals surface area (Å²) in [5.74, 6) is 0.0404. The van der Waals surface area contributed by atoms with Crippen LogP contribution in [0.5, 0.6) is 5.75 Å². The Hall–Kier alpha value is -3.19. The van der Waals surface area contributed by atoms with Crippen molar-refractivity contribution < 1.29 is 23.9 Å². The van der Waals surface area contributed by atoms with Gasteiger partial charge in [0.15, 0.2) is 12.1 Å². The van der Waals surface area contributed by atoms with Crippen LogP contribution in [0.1, 0.15) is 48.6 Å². The average molecular weight is 483 g/mol. The first kappa shape index (κ1) is 24.0. The molecule has 0 saturated carbocycles. The monoisotopic (exact) mass is 482 g/mol. The lowest BCUT2D eigenvalue weighted by atomic mass is 9.88. The Morgan fingerprint density at radius 2 is 1.94 bits per heavy atom. The minimum absolute atomic E-state index is 0.00290. The molecule has 1 amide bonds. The number of fused-ring (bicyclic) bond motifs is 2. The summed E-state index contributed by atoms with van der Waals surface area (Å²) >= 11 is 6.52. The summed E-state index contributed by atoms with van der Waals surface area (Å²) in [6, 6.07) is 7.84. The topological polar surface area (TPSA) is 85.8 Å². The number of pyridine rings is 1. The molecule has 2 aliphatic rings. The number of Topliss-reactive ketones (excluding diaryl/α,β-unsaturated/α-hetero) is 1. The van der Waals surface area contributed by atoms with Gasteiger partial charge in [0, 0.05) is 36.8 Å². The normalized spacial score (nSPS) is 15.2. The van der Waals surface area contributed by atoms with Gasteiger partial charge in [0.05, 0.1) is 23.9 Å². The van der Waals surface area contributed by atoms with E-state index in [-0.39, 0.29) is 19.1 Å². The van der Waals surface area contributed by atoms with Crippen molar-refractivity contribution in [2.75, 3.05) is 26.3 Å². The van der Waals surface area contributed by atoms with E-state index in [1.807, 2.05) is 12.1 Å². The summed E-state index contributed by atoms with van der Waals surface area (Å²) in [6.45, 7) is 3.41. The molecule has 1 fully saturated rings. The van der Waals surface area contributed by atoms with Crippen LogP contribution < -0.4 is 4.74 Å². The fourth-order valence-corrected chi connectivity index (χ4v) is 4.82. The number of amides is 1. The molecule has 1 saturated heterocycles. The number of aromatic nitrogens is 1. The molecule has 0 N–H and O–H groups in total. The highest BCUT2D eigenvalue weighted by Gasteiger charge is 2.28. The van der Waals surface area contributed by atoms with Crippen LogP contribution in [0.3, 0.4) is 0 Å². The van der Waals surface area contributed by atoms with Crippen molar-refractivity contribution in [3.63, 3.8) is 0 Å². The third-order valence-corrected chi connectivity index (χ3v) is 6.52. The van der Waals surface area contributed by atoms with Gasteiger partial charge in [0.25, 0.3) is 0 Å². The number of hydrogen-bond donors (Lipinski definition) is 0. The number of likely N-dealkylation sites (tertiary alicyclic amines) is 1. The summed E-state index contributed by atoms with van der Waals surface area (Å²) in [7, 11) is 0. The summed E-state index contributed by atoms with van der Waals surface area (Å²) < 4.78 is 11.1. The summed E-state index contributed by atoms with van der Waals surface area (Å²) in [5, 5.41) is 0.470. The molecule has 8 heteroatoms. The number of carbonyl (C=O) groups is 3. The van der Waals surface area contributed by atoms with Gasteiger partial charge in [-0.3, -0.25) is 14.6 Å². The van der Waals surface area contributed by atoms with E-state index < -0.39 is 5.78 Å². The molecule has 178 valence electrons. The van der Waals surface area contributed by atoms with Gasteiger partial charge in [-0.05, 0) is 55.9 Å². The fraction of sp³-hybridized carbons (Fsp3) is 0.385. The minimum Gasteiger partial charge on any atom is -0.491 e. The van der Waals surface area contributed by atoms with E-state index in [4.69, 9.17) is 26.1 Å². The van der Waals surface area contributed by atoms with Crippen molar-refractivity contribution in [3.05, 3.63) is 63.4 Å². The van der Waals surface area contributed by atoms with E-state index in [0.29, 0.717) is 43.2 Å². The molecule has 1 aromatic heterocycles. The number of aldehydes is 1. The molecule has 2 heterocycles. The van der Waals surface area contributed by atoms with Crippen molar-refractivity contribution >= 4 is 35.3 Å². The van der Waals surface area contributed by atoms with Crippen LogP contribution in [0, 0.1) is 0 Å². The zero-order chi connectivity index (χ0) is 24.1. The first-order valence-electron chi connectivity index (χ1n) is 11.5. The Morgan fingerprint density at radius 1 is 1.15 bits per heavy atom. The lowest BCUT2D eigenvalue weighted by Crippen LogP contribution is -2.37. The number of rotatable bonds is 6. The van der Waals surface area contributed by atoms with Crippen molar-refractivity contribution in [1.29, 1.82) is 0 Å². The Bertz CT molecular complexity index is 1130. The lowest BCUT2D eigenvalue weighted by Gasteiger charge is -2.29. The van der Waals surface area contributed by atoms with Crippen LogP contribution >= 0.6 is 11.6 Å². The highest BCUT2D eigenvalue weighted by atomic mass is 35.5. The van der Waals surface area contributed by atoms with Gasteiger partial charge in [-0.25, -0.2) is 4.79 Å². The Morgan fingerprint density at radius 3 is 2.68 bits per heavy atom. The Balaban J connectivity index is 1.74. The average Bonchev–Trinajstić information content (AvgIpc) is 3.02. The second-order valence-electron chi connectivity index (χ2n) is 8.26. The van der Waals surface area contributed by atoms with Crippen molar-refractivity contribution in [3.8, 4) is 5.75 Å². The van der Waals surface area contributed by atoms with Crippen molar-refractivity contribution in [2.24, 2.45) is 0 Å². The molecule has 2 aromatic rings. The smallest absolute Gasteiger partial charge is 0.409 e.